The summed E-state index contributed by atoms with van der Waals surface area (Å²) in [7, 11) is 7.27. The molecular weight excluding hydrogens is 538 g/mol. The molecule has 4 atom stereocenters. The van der Waals surface area contributed by atoms with Gasteiger partial charge in [-0.05, 0) is 94.7 Å². The fraction of sp³-hybridized carbons (Fsp3) is 0.406. The summed E-state index contributed by atoms with van der Waals surface area (Å²) >= 11 is 0. The summed E-state index contributed by atoms with van der Waals surface area (Å²) in [5, 5.41) is 45.0. The Balaban J connectivity index is 1.62. The Morgan fingerprint density at radius 2 is 1.79 bits per heavy atom. The number of allylic oxidation sites excluding steroid dienone is 1. The van der Waals surface area contributed by atoms with Gasteiger partial charge in [-0.3, -0.25) is 19.3 Å². The van der Waals surface area contributed by atoms with Crippen LogP contribution in [0.1, 0.15) is 34.3 Å². The average molecular weight is 576 g/mol. The van der Waals surface area contributed by atoms with Gasteiger partial charge in [0.15, 0.2) is 11.4 Å². The van der Waals surface area contributed by atoms with E-state index in [9.17, 15) is 34.8 Å². The SMILES string of the molecule is CN(C)CCCc1cccc(-c2ccc(O)c3c2C[C@H]2C[C@H]4[C@H](N(C)C)C(O)=C(C(N)=O)C(=O)[C@@]4(O)C(O)=C2C3=O)c1. The maximum atomic E-state index is 14.0. The van der Waals surface area contributed by atoms with Crippen LogP contribution in [0.15, 0.2) is 59.1 Å². The van der Waals surface area contributed by atoms with Gasteiger partial charge in [0.25, 0.3) is 5.91 Å². The Kier molecular flexibility index (Phi) is 7.51. The zero-order valence-electron chi connectivity index (χ0n) is 24.2. The van der Waals surface area contributed by atoms with E-state index < -0.39 is 58.0 Å². The lowest BCUT2D eigenvalue weighted by Gasteiger charge is -2.50. The molecule has 0 fully saturated rings. The van der Waals surface area contributed by atoms with Crippen molar-refractivity contribution in [1.29, 1.82) is 0 Å². The molecule has 0 saturated heterocycles. The Morgan fingerprint density at radius 1 is 1.07 bits per heavy atom. The summed E-state index contributed by atoms with van der Waals surface area (Å²) in [6, 6.07) is 10.2. The predicted molar refractivity (Wildman–Crippen MR) is 156 cm³/mol. The van der Waals surface area contributed by atoms with Crippen LogP contribution in [-0.2, 0) is 22.4 Å². The molecule has 0 aliphatic heterocycles. The lowest BCUT2D eigenvalue weighted by molar-refractivity contribution is -0.148. The number of hydrogen-bond donors (Lipinski definition) is 5. The van der Waals surface area contributed by atoms with Crippen LogP contribution in [0.25, 0.3) is 11.1 Å². The highest BCUT2D eigenvalue weighted by Gasteiger charge is 2.63. The fourth-order valence-corrected chi connectivity index (χ4v) is 7.01. The highest BCUT2D eigenvalue weighted by atomic mass is 16.3. The highest BCUT2D eigenvalue weighted by molar-refractivity contribution is 6.24. The van der Waals surface area contributed by atoms with Crippen LogP contribution in [0.4, 0.5) is 0 Å². The molecule has 0 aromatic heterocycles. The molecule has 6 N–H and O–H groups in total. The van der Waals surface area contributed by atoms with Crippen molar-refractivity contribution in [2.75, 3.05) is 34.7 Å². The van der Waals surface area contributed by atoms with Crippen molar-refractivity contribution < 1.29 is 34.8 Å². The summed E-state index contributed by atoms with van der Waals surface area (Å²) in [6.45, 7) is 0.948. The summed E-state index contributed by atoms with van der Waals surface area (Å²) in [5.74, 6) is -6.61. The van der Waals surface area contributed by atoms with Gasteiger partial charge in [-0.15, -0.1) is 0 Å². The molecule has 0 heterocycles. The first kappa shape index (κ1) is 29.5. The molecular formula is C32H37N3O7. The van der Waals surface area contributed by atoms with Crippen LogP contribution in [0.2, 0.25) is 0 Å². The largest absolute Gasteiger partial charge is 0.510 e. The van der Waals surface area contributed by atoms with Gasteiger partial charge in [0.2, 0.25) is 5.78 Å². The lowest BCUT2D eigenvalue weighted by Crippen LogP contribution is -2.63. The zero-order chi connectivity index (χ0) is 30.7. The Hall–Kier alpha value is -3.99. The van der Waals surface area contributed by atoms with E-state index in [0.29, 0.717) is 5.56 Å². The molecule has 3 aliphatic carbocycles. The number of aliphatic hydroxyl groups excluding tert-OH is 2. The first-order chi connectivity index (χ1) is 19.8. The number of ketones is 2. The molecule has 0 saturated carbocycles. The van der Waals surface area contributed by atoms with Crippen LogP contribution >= 0.6 is 0 Å². The van der Waals surface area contributed by atoms with Gasteiger partial charge in [0, 0.05) is 11.5 Å². The number of fused-ring (bicyclic) bond motifs is 3. The van der Waals surface area contributed by atoms with E-state index in [0.717, 1.165) is 36.1 Å². The maximum absolute atomic E-state index is 14.0. The maximum Gasteiger partial charge on any atom is 0.255 e. The molecule has 2 aromatic carbocycles. The Bertz CT molecular complexity index is 1560. The number of carbonyl (C=O) groups excluding carboxylic acids is 3. The fourth-order valence-electron chi connectivity index (χ4n) is 7.01. The molecule has 0 radical (unpaired) electrons. The van der Waals surface area contributed by atoms with Crippen LogP contribution in [0, 0.1) is 11.8 Å². The molecule has 42 heavy (non-hydrogen) atoms. The number of aryl methyl sites for hydroxylation is 1. The molecule has 5 rings (SSSR count). The number of Topliss-reactive ketones (excluding diaryl/α,β-unsaturated/α-hetero) is 2. The van der Waals surface area contributed by atoms with E-state index in [4.69, 9.17) is 5.73 Å². The molecule has 222 valence electrons. The number of nitrogens with zero attached hydrogens (tertiary/aromatic N) is 2. The first-order valence-electron chi connectivity index (χ1n) is 14.0. The van der Waals surface area contributed by atoms with Crippen LogP contribution in [0.3, 0.4) is 0 Å². The summed E-state index contributed by atoms with van der Waals surface area (Å²) in [5.41, 5.74) is 5.17. The number of nitrogens with two attached hydrogens (primary N) is 1. The van der Waals surface area contributed by atoms with Crippen molar-refractivity contribution in [2.24, 2.45) is 17.6 Å². The zero-order valence-corrected chi connectivity index (χ0v) is 24.2. The first-order valence-corrected chi connectivity index (χ1v) is 14.0. The van der Waals surface area contributed by atoms with E-state index >= 15 is 0 Å². The Morgan fingerprint density at radius 3 is 2.43 bits per heavy atom. The summed E-state index contributed by atoms with van der Waals surface area (Å²) < 4.78 is 0. The quantitative estimate of drug-likeness (QED) is 0.312. The Labute approximate surface area is 244 Å². The van der Waals surface area contributed by atoms with Crippen molar-refractivity contribution in [1.82, 2.24) is 9.80 Å². The number of rotatable bonds is 7. The second-order valence-electron chi connectivity index (χ2n) is 12.1. The number of amides is 1. The number of phenolic OH excluding ortho intramolecular Hbond substituents is 1. The van der Waals surface area contributed by atoms with Gasteiger partial charge in [-0.2, -0.15) is 0 Å². The minimum atomic E-state index is -2.65. The van der Waals surface area contributed by atoms with E-state index in [-0.39, 0.29) is 29.7 Å². The summed E-state index contributed by atoms with van der Waals surface area (Å²) in [6.07, 6.45) is 2.14. The smallest absolute Gasteiger partial charge is 0.255 e. The van der Waals surface area contributed by atoms with Crippen LogP contribution in [0.5, 0.6) is 5.75 Å². The predicted octanol–water partition coefficient (Wildman–Crippen LogP) is 2.28. The topological polar surface area (TPSA) is 165 Å². The number of phenols is 1. The third-order valence-electron chi connectivity index (χ3n) is 8.91. The van der Waals surface area contributed by atoms with Gasteiger partial charge in [-0.1, -0.05) is 30.3 Å². The van der Waals surface area contributed by atoms with Crippen molar-refractivity contribution in [3.05, 3.63) is 75.8 Å². The molecule has 0 unspecified atom stereocenters. The number of aliphatic hydroxyl groups is 3. The van der Waals surface area contributed by atoms with Crippen LogP contribution in [-0.4, -0.2) is 94.1 Å². The minimum Gasteiger partial charge on any atom is -0.510 e. The normalized spacial score (nSPS) is 25.5. The molecule has 3 aliphatic rings. The van der Waals surface area contributed by atoms with E-state index in [1.165, 1.54) is 11.0 Å². The van der Waals surface area contributed by atoms with Gasteiger partial charge in [0.05, 0.1) is 11.6 Å². The second-order valence-corrected chi connectivity index (χ2v) is 12.1. The number of hydrogen-bond acceptors (Lipinski definition) is 9. The van der Waals surface area contributed by atoms with E-state index in [1.807, 2.05) is 26.2 Å². The molecule has 2 aromatic rings. The highest BCUT2D eigenvalue weighted by Crippen LogP contribution is 2.53. The standard InChI is InChI=1S/C32H37N3O7/c1-34(2)12-6-8-16-7-5-9-17(13-16)19-10-11-22(36)24-20(19)14-18-15-21-26(35(3)4)28(38)25(31(33)41)30(40)32(21,42)29(39)23(18)27(24)37/h5,7,9-11,13,18,21,26,36,38-39,42H,6,8,12,14-15H2,1-4H3,(H2,33,41)/t18-,21-,26-,32-/m0/s1. The third-order valence-corrected chi connectivity index (χ3v) is 8.91. The average Bonchev–Trinajstić information content (AvgIpc) is 2.90. The summed E-state index contributed by atoms with van der Waals surface area (Å²) in [4.78, 5) is 43.3. The molecule has 0 bridgehead atoms. The lowest BCUT2D eigenvalue weighted by atomic mass is 9.58. The number of likely N-dealkylation sites (N-methyl/N-ethyl adjacent to an activating group) is 1. The van der Waals surface area contributed by atoms with Gasteiger partial charge in [-0.25, -0.2) is 0 Å². The molecule has 1 amide bonds. The third kappa shape index (κ3) is 4.50. The van der Waals surface area contributed by atoms with Gasteiger partial charge in [0.1, 0.15) is 22.8 Å². The van der Waals surface area contributed by atoms with Gasteiger partial charge >= 0.3 is 0 Å². The van der Waals surface area contributed by atoms with Crippen molar-refractivity contribution in [3.63, 3.8) is 0 Å². The van der Waals surface area contributed by atoms with Crippen molar-refractivity contribution >= 4 is 17.5 Å². The van der Waals surface area contributed by atoms with Crippen LogP contribution < -0.4 is 5.73 Å². The second kappa shape index (κ2) is 10.7. The van der Waals surface area contributed by atoms with Crippen molar-refractivity contribution in [3.8, 4) is 16.9 Å². The minimum absolute atomic E-state index is 0.00583. The van der Waals surface area contributed by atoms with E-state index in [1.54, 1.807) is 20.2 Å². The van der Waals surface area contributed by atoms with Gasteiger partial charge < -0.3 is 31.1 Å². The van der Waals surface area contributed by atoms with E-state index in [2.05, 4.69) is 17.0 Å². The van der Waals surface area contributed by atoms with Crippen molar-refractivity contribution in [2.45, 2.75) is 37.3 Å². The number of aromatic hydroxyl groups is 1. The monoisotopic (exact) mass is 575 g/mol. The molecule has 10 nitrogen and oxygen atoms in total. The number of primary amides is 1. The molecule has 0 spiro atoms. The molecule has 10 heteroatoms. The number of carbonyl (C=O) groups is 3. The number of benzene rings is 2.